The van der Waals surface area contributed by atoms with Gasteiger partial charge >= 0.3 is 18.3 Å². The molecule has 0 unspecified atom stereocenters. The Morgan fingerprint density at radius 1 is 0.495 bits per heavy atom. The molecule has 97 heavy (non-hydrogen) atoms. The molecule has 6 aliphatic carbocycles. The van der Waals surface area contributed by atoms with Crippen molar-refractivity contribution in [3.05, 3.63) is 49.4 Å². The van der Waals surface area contributed by atoms with Gasteiger partial charge in [0.1, 0.15) is 36.0 Å². The second-order valence-electron chi connectivity index (χ2n) is 28.8. The van der Waals surface area contributed by atoms with E-state index in [4.69, 9.17) is 63.2 Å². The van der Waals surface area contributed by atoms with Gasteiger partial charge in [-0.2, -0.15) is 12.9 Å². The first-order valence-electron chi connectivity index (χ1n) is 34.3. The maximum absolute atomic E-state index is 13.8. The van der Waals surface area contributed by atoms with E-state index in [1.165, 1.54) is 11.0 Å². The Balaban J connectivity index is 0.000000131. The van der Waals surface area contributed by atoms with Crippen molar-refractivity contribution in [2.24, 2.45) is 17.8 Å². The third-order valence-corrected chi connectivity index (χ3v) is 32.0. The molecule has 4 amide bonds. The van der Waals surface area contributed by atoms with Crippen LogP contribution in [0, 0.1) is 17.8 Å². The van der Waals surface area contributed by atoms with E-state index < -0.39 is 71.1 Å². The number of nitrogens with zero attached hydrogens (tertiary/aromatic N) is 7. The average molecular weight is 1530 g/mol. The van der Waals surface area contributed by atoms with Gasteiger partial charge in [0.15, 0.2) is 0 Å². The number of thiophene rings is 3. The summed E-state index contributed by atoms with van der Waals surface area (Å²) >= 11 is 21.4. The topological polar surface area (TPSA) is 261 Å². The van der Waals surface area contributed by atoms with Crippen LogP contribution in [0.2, 0.25) is 13.0 Å². The zero-order valence-electron chi connectivity index (χ0n) is 55.0. The molecule has 6 saturated carbocycles. The average Bonchev–Trinajstić information content (AvgIpc) is 1.57. The number of morpholine rings is 3. The van der Waals surface area contributed by atoms with Crippen molar-refractivity contribution in [2.75, 3.05) is 92.5 Å². The molecule has 0 bridgehead atoms. The van der Waals surface area contributed by atoms with Gasteiger partial charge in [-0.15, -0.1) is 34.0 Å². The number of hydrogen-bond acceptors (Lipinski definition) is 20. The Morgan fingerprint density at radius 3 is 1.14 bits per heavy atom. The minimum Gasteiger partial charge on any atom is -0.441 e. The molecule has 1 N–H and O–H groups in total. The van der Waals surface area contributed by atoms with Gasteiger partial charge in [0.25, 0.3) is 30.1 Å². The molecule has 8 atom stereocenters. The number of amides is 4. The Morgan fingerprint density at radius 2 is 0.835 bits per heavy atom. The Bertz CT molecular complexity index is 3690. The lowest BCUT2D eigenvalue weighted by Gasteiger charge is -2.44. The van der Waals surface area contributed by atoms with Crippen LogP contribution in [0.3, 0.4) is 0 Å². The first-order chi connectivity index (χ1) is 46.3. The Labute approximate surface area is 596 Å². The van der Waals surface area contributed by atoms with Crippen molar-refractivity contribution in [1.82, 2.24) is 37.8 Å². The number of rotatable bonds is 18. The van der Waals surface area contributed by atoms with Gasteiger partial charge in [-0.25, -0.2) is 39.6 Å². The van der Waals surface area contributed by atoms with Crippen LogP contribution in [0.1, 0.15) is 129 Å². The Hall–Kier alpha value is -3.18. The highest BCUT2D eigenvalue weighted by Gasteiger charge is 2.64. The molecule has 24 nitrogen and oxygen atoms in total. The number of carbonyl (C=O) groups is 4. The number of piperazine rings is 2. The van der Waals surface area contributed by atoms with Gasteiger partial charge in [-0.05, 0) is 145 Å². The van der Waals surface area contributed by atoms with Crippen LogP contribution < -0.4 is 5.32 Å². The summed E-state index contributed by atoms with van der Waals surface area (Å²) in [6.45, 7) is 9.12. The van der Waals surface area contributed by atoms with Gasteiger partial charge < -0.3 is 48.4 Å². The van der Waals surface area contributed by atoms with E-state index in [-0.39, 0.29) is 87.3 Å². The molecule has 6 saturated heterocycles. The largest absolute Gasteiger partial charge is 0.441 e. The van der Waals surface area contributed by atoms with Gasteiger partial charge in [0, 0.05) is 76.5 Å². The predicted octanol–water partition coefficient (Wildman–Crippen LogP) is 9.83. The number of hydrogen-bond donors (Lipinski definition) is 1. The van der Waals surface area contributed by atoms with Gasteiger partial charge in [0.2, 0.25) is 5.91 Å². The van der Waals surface area contributed by atoms with E-state index in [1.54, 1.807) is 65.0 Å². The van der Waals surface area contributed by atoms with E-state index in [2.05, 4.69) is 5.32 Å². The second-order valence-corrected chi connectivity index (χ2v) is 40.2. The van der Waals surface area contributed by atoms with E-state index in [0.717, 1.165) is 111 Å². The molecule has 0 spiro atoms. The van der Waals surface area contributed by atoms with Crippen LogP contribution >= 0.6 is 68.8 Å². The van der Waals surface area contributed by atoms with Crippen LogP contribution in [0.4, 0.5) is 14.4 Å². The predicted molar refractivity (Wildman–Crippen MR) is 366 cm³/mol. The van der Waals surface area contributed by atoms with Crippen molar-refractivity contribution in [3.63, 3.8) is 0 Å². The number of likely N-dealkylation sites (tertiary alicyclic amines) is 1. The third kappa shape index (κ3) is 16.4. The van der Waals surface area contributed by atoms with E-state index in [0.29, 0.717) is 128 Å². The molecule has 6 aliphatic heterocycles. The quantitative estimate of drug-likeness (QED) is 0.116. The third-order valence-electron chi connectivity index (χ3n) is 21.0. The molecule has 33 heteroatoms. The van der Waals surface area contributed by atoms with Crippen LogP contribution in [-0.2, 0) is 63.3 Å². The molecule has 3 aromatic heterocycles. The van der Waals surface area contributed by atoms with Crippen molar-refractivity contribution in [3.8, 4) is 0 Å². The minimum absolute atomic E-state index is 0.0351. The number of ether oxygens (including phenoxy) is 6. The molecule has 15 rings (SSSR count). The summed E-state index contributed by atoms with van der Waals surface area (Å²) in [6.07, 6.45) is 14.5. The van der Waals surface area contributed by atoms with Gasteiger partial charge in [-0.3, -0.25) is 9.69 Å². The Kier molecular flexibility index (Phi) is 21.7. The monoisotopic (exact) mass is 1520 g/mol. The summed E-state index contributed by atoms with van der Waals surface area (Å²) in [7, 11) is -9.74. The summed E-state index contributed by atoms with van der Waals surface area (Å²) in [5, 5.41) is 3.42. The van der Waals surface area contributed by atoms with E-state index >= 15 is 0 Å². The van der Waals surface area contributed by atoms with E-state index in [1.807, 2.05) is 13.8 Å². The number of piperidine rings is 1. The van der Waals surface area contributed by atoms with Crippen LogP contribution in [0.5, 0.6) is 0 Å². The summed E-state index contributed by atoms with van der Waals surface area (Å²) < 4.78 is 125. The number of halogens is 3. The number of carbonyl (C=O) groups excluding carboxylic acids is 4. The maximum Gasteiger partial charge on any atom is 0.410 e. The van der Waals surface area contributed by atoms with Gasteiger partial charge in [-0.1, -0.05) is 73.3 Å². The summed E-state index contributed by atoms with van der Waals surface area (Å²) in [5.41, 5.74) is -2.59. The first kappa shape index (κ1) is 72.2. The highest BCUT2D eigenvalue weighted by molar-refractivity contribution is 7.92. The maximum atomic E-state index is 13.8. The lowest BCUT2D eigenvalue weighted by molar-refractivity contribution is -0.134. The minimum atomic E-state index is -3.86. The number of likely N-dealkylation sites (N-methyl/N-ethyl adjacent to an activating group) is 1. The zero-order chi connectivity index (χ0) is 68.4. The molecule has 0 aromatic carbocycles. The normalized spacial score (nSPS) is 29.9. The molecule has 12 fully saturated rings. The van der Waals surface area contributed by atoms with Crippen molar-refractivity contribution in [1.29, 1.82) is 0 Å². The number of sulfonamides is 3. The molecule has 9 heterocycles. The van der Waals surface area contributed by atoms with Crippen LogP contribution in [0.25, 0.3) is 0 Å². The fourth-order valence-electron chi connectivity index (χ4n) is 14.8. The summed E-state index contributed by atoms with van der Waals surface area (Å²) in [4.78, 5) is 57.5. The fourth-order valence-corrected chi connectivity index (χ4v) is 25.1. The summed E-state index contributed by atoms with van der Waals surface area (Å²) in [5.74, 6) is 1.43. The molecular weight excluding hydrogens is 1440 g/mol. The molecule has 0 radical (unpaired) electrons. The smallest absolute Gasteiger partial charge is 0.410 e. The molecule has 12 aliphatic rings. The van der Waals surface area contributed by atoms with Crippen LogP contribution in [0.15, 0.2) is 49.0 Å². The summed E-state index contributed by atoms with van der Waals surface area (Å²) in [6, 6.07) is 7.35. The van der Waals surface area contributed by atoms with Gasteiger partial charge in [0.05, 0.1) is 70.8 Å². The highest BCUT2D eigenvalue weighted by atomic mass is 35.5. The van der Waals surface area contributed by atoms with Crippen molar-refractivity contribution < 1.29 is 72.9 Å². The lowest BCUT2D eigenvalue weighted by atomic mass is 10.0. The second kappa shape index (κ2) is 29.2. The van der Waals surface area contributed by atoms with Crippen molar-refractivity contribution in [2.45, 2.75) is 207 Å². The highest BCUT2D eigenvalue weighted by Crippen LogP contribution is 2.53. The molecule has 3 aromatic rings. The first-order valence-corrected chi connectivity index (χ1v) is 42.2. The number of nitrogens with one attached hydrogen (secondary N) is 1. The standard InChI is InChI=1S/C22H32ClN3O5S2.C21H28ClN3O6S2.C21H29ClN2O5S2/c1-14-10-25(11-15(2)24-14)21(27)31-22(7-8-22)18-13-30-12-17(9-16-3-4-16)26(18)33(28,29)20-6-5-19(23)32-20;1-23-8-9-24(11-18(23)26)20(27)31-21(6-7-21)16-13-30-12-15(10-14-2-3-14)25(16)33(28,29)19-5-4-17(22)32-19;22-18-6-7-19(30-18)31(26,27)24-16(12-15-4-5-15)13-28-14-17(24)21(8-9-21)29-20(25)23-10-2-1-3-11-23/h5-6,14-18,24H,3-4,7-13H2,1-2H3;4-5,14-16H,2-3,6-13H2,1H3;6-7,15-17H,1-5,8-14H2/t14-,15+,17-,18-;15-,16-;16-,17-/m111/s1. The SMILES string of the molecule is CN1CCN(C(=O)OC2([C@H]3COC[C@@H](CC4CC4)N3S(=O)(=O)c3ccc(Cl)s3)CC2)CC1=O.C[C@@H]1CN(C(=O)OC2([C@H]3COC[C@@H](CC4CC4)N3S(=O)(=O)c3ccc(Cl)s3)CC2)C[C@H](C)N1.O=C(OC1([C@H]2COC[C@@H](CC3CC3)N2S(=O)(=O)c2ccc(Cl)s2)CC1)N1CCCCC1. The zero-order valence-corrected chi connectivity index (χ0v) is 62.1. The molecule has 538 valence electrons. The fraction of sp³-hybridized carbons (Fsp3) is 0.750. The molecular formula is C64H89Cl3N8O16S6. The van der Waals surface area contributed by atoms with Crippen LogP contribution in [-0.4, -0.2) is 240 Å². The lowest BCUT2D eigenvalue weighted by Crippen LogP contribution is -2.62. The van der Waals surface area contributed by atoms with Crippen molar-refractivity contribution >= 4 is 123 Å². The van der Waals surface area contributed by atoms with E-state index in [9.17, 15) is 44.4 Å².